The maximum atomic E-state index is 11.1. The molecule has 1 aromatic rings. The van der Waals surface area contributed by atoms with E-state index in [4.69, 9.17) is 9.84 Å². The van der Waals surface area contributed by atoms with Crippen LogP contribution in [0.1, 0.15) is 23.7 Å². The van der Waals surface area contributed by atoms with Gasteiger partial charge in [0.25, 0.3) is 0 Å². The van der Waals surface area contributed by atoms with Crippen LogP contribution in [0.3, 0.4) is 0 Å². The van der Waals surface area contributed by atoms with Gasteiger partial charge in [-0.1, -0.05) is 6.08 Å². The van der Waals surface area contributed by atoms with Crippen molar-refractivity contribution in [1.29, 1.82) is 0 Å². The average molecular weight is 235 g/mol. The number of benzene rings is 1. The highest BCUT2D eigenvalue weighted by Crippen LogP contribution is 2.23. The van der Waals surface area contributed by atoms with Gasteiger partial charge in [-0.05, 0) is 25.5 Å². The molecule has 0 aromatic heterocycles. The van der Waals surface area contributed by atoms with Gasteiger partial charge in [0.2, 0.25) is 0 Å². The Morgan fingerprint density at radius 1 is 1.65 bits per heavy atom. The number of methoxy groups -OCH3 is 1. The van der Waals surface area contributed by atoms with Crippen molar-refractivity contribution in [2.75, 3.05) is 12.4 Å². The van der Waals surface area contributed by atoms with Gasteiger partial charge < -0.3 is 15.2 Å². The Morgan fingerprint density at radius 3 is 2.88 bits per heavy atom. The van der Waals surface area contributed by atoms with E-state index in [-0.39, 0.29) is 11.6 Å². The first-order valence-corrected chi connectivity index (χ1v) is 5.37. The zero-order chi connectivity index (χ0) is 12.8. The van der Waals surface area contributed by atoms with Crippen LogP contribution in [-0.2, 0) is 0 Å². The molecule has 1 atom stereocenters. The lowest BCUT2D eigenvalue weighted by atomic mass is 10.1. The number of carbonyl (C=O) groups is 1. The summed E-state index contributed by atoms with van der Waals surface area (Å²) in [5.74, 6) is -0.329. The molecular formula is C13H17NO3. The van der Waals surface area contributed by atoms with E-state index >= 15 is 0 Å². The molecule has 0 fully saturated rings. The number of aromatic carboxylic acids is 1. The smallest absolute Gasteiger partial charge is 0.337 e. The fourth-order valence-corrected chi connectivity index (χ4v) is 1.53. The normalized spacial score (nSPS) is 11.6. The Hall–Kier alpha value is -1.97. The lowest BCUT2D eigenvalue weighted by Gasteiger charge is -2.16. The van der Waals surface area contributed by atoms with Gasteiger partial charge in [-0.2, -0.15) is 0 Å². The number of carboxylic acid groups (broad SMARTS) is 1. The first kappa shape index (κ1) is 13.1. The third kappa shape index (κ3) is 3.52. The van der Waals surface area contributed by atoms with Gasteiger partial charge in [0.15, 0.2) is 0 Å². The maximum absolute atomic E-state index is 11.1. The van der Waals surface area contributed by atoms with Gasteiger partial charge in [0, 0.05) is 12.1 Å². The van der Waals surface area contributed by atoms with Gasteiger partial charge in [-0.15, -0.1) is 6.58 Å². The Labute approximate surface area is 101 Å². The number of hydrogen-bond acceptors (Lipinski definition) is 3. The lowest BCUT2D eigenvalue weighted by Crippen LogP contribution is -2.16. The van der Waals surface area contributed by atoms with E-state index in [1.807, 2.05) is 6.92 Å². The first-order valence-electron chi connectivity index (χ1n) is 5.37. The van der Waals surface area contributed by atoms with Crippen LogP contribution in [0.5, 0.6) is 5.75 Å². The SMILES string of the molecule is C=CCC(C)Nc1cc(OC)ccc1C(=O)O. The second-order valence-corrected chi connectivity index (χ2v) is 3.79. The third-order valence-electron chi connectivity index (χ3n) is 2.38. The van der Waals surface area contributed by atoms with Gasteiger partial charge in [0.1, 0.15) is 5.75 Å². The fraction of sp³-hybridized carbons (Fsp3) is 0.308. The van der Waals surface area contributed by atoms with Crippen LogP contribution in [0.15, 0.2) is 30.9 Å². The molecule has 1 rings (SSSR count). The van der Waals surface area contributed by atoms with Crippen LogP contribution in [0.25, 0.3) is 0 Å². The molecule has 0 saturated carbocycles. The van der Waals surface area contributed by atoms with E-state index in [0.29, 0.717) is 11.4 Å². The summed E-state index contributed by atoms with van der Waals surface area (Å²) in [5.41, 5.74) is 0.799. The Kier molecular flexibility index (Phi) is 4.57. The van der Waals surface area contributed by atoms with Crippen molar-refractivity contribution < 1.29 is 14.6 Å². The summed E-state index contributed by atoms with van der Waals surface area (Å²) in [7, 11) is 1.55. The topological polar surface area (TPSA) is 58.6 Å². The molecule has 0 saturated heterocycles. The predicted molar refractivity (Wildman–Crippen MR) is 67.9 cm³/mol. The standard InChI is InChI=1S/C13H17NO3/c1-4-5-9(2)14-12-8-10(17-3)6-7-11(12)13(15)16/h4,6-9,14H,1,5H2,2-3H3,(H,15,16). The molecule has 2 N–H and O–H groups in total. The van der Waals surface area contributed by atoms with Crippen LogP contribution >= 0.6 is 0 Å². The van der Waals surface area contributed by atoms with E-state index in [1.54, 1.807) is 25.3 Å². The third-order valence-corrected chi connectivity index (χ3v) is 2.38. The van der Waals surface area contributed by atoms with Crippen molar-refractivity contribution in [3.63, 3.8) is 0 Å². The monoisotopic (exact) mass is 235 g/mol. The van der Waals surface area contributed by atoms with Crippen molar-refractivity contribution in [3.05, 3.63) is 36.4 Å². The Morgan fingerprint density at radius 2 is 2.35 bits per heavy atom. The summed E-state index contributed by atoms with van der Waals surface area (Å²) in [4.78, 5) is 11.1. The lowest BCUT2D eigenvalue weighted by molar-refractivity contribution is 0.0698. The van der Waals surface area contributed by atoms with Crippen LogP contribution in [-0.4, -0.2) is 24.2 Å². The van der Waals surface area contributed by atoms with Crippen molar-refractivity contribution in [3.8, 4) is 5.75 Å². The molecule has 0 heterocycles. The highest BCUT2D eigenvalue weighted by Gasteiger charge is 2.12. The summed E-state index contributed by atoms with van der Waals surface area (Å²) >= 11 is 0. The molecule has 0 amide bonds. The zero-order valence-corrected chi connectivity index (χ0v) is 10.1. The van der Waals surface area contributed by atoms with E-state index < -0.39 is 5.97 Å². The van der Waals surface area contributed by atoms with Crippen LogP contribution < -0.4 is 10.1 Å². The minimum atomic E-state index is -0.957. The largest absolute Gasteiger partial charge is 0.497 e. The van der Waals surface area contributed by atoms with Gasteiger partial charge >= 0.3 is 5.97 Å². The molecule has 0 aliphatic rings. The molecule has 1 aromatic carbocycles. The van der Waals surface area contributed by atoms with E-state index in [9.17, 15) is 4.79 Å². The molecule has 0 aliphatic heterocycles. The molecule has 4 nitrogen and oxygen atoms in total. The van der Waals surface area contributed by atoms with E-state index in [1.165, 1.54) is 6.07 Å². The molecule has 1 unspecified atom stereocenters. The molecule has 17 heavy (non-hydrogen) atoms. The number of nitrogens with one attached hydrogen (secondary N) is 1. The summed E-state index contributed by atoms with van der Waals surface area (Å²) in [6, 6.07) is 4.97. The highest BCUT2D eigenvalue weighted by molar-refractivity contribution is 5.94. The number of anilines is 1. The predicted octanol–water partition coefficient (Wildman–Crippen LogP) is 2.77. The minimum absolute atomic E-state index is 0.123. The van der Waals surface area contributed by atoms with E-state index in [0.717, 1.165) is 6.42 Å². The number of hydrogen-bond donors (Lipinski definition) is 2. The number of rotatable bonds is 6. The molecule has 0 bridgehead atoms. The first-order chi connectivity index (χ1) is 8.08. The van der Waals surface area contributed by atoms with E-state index in [2.05, 4.69) is 11.9 Å². The summed E-state index contributed by atoms with van der Waals surface area (Å²) in [6.07, 6.45) is 2.55. The van der Waals surface area contributed by atoms with Crippen LogP contribution in [0.2, 0.25) is 0 Å². The van der Waals surface area contributed by atoms with Crippen molar-refractivity contribution in [1.82, 2.24) is 0 Å². The summed E-state index contributed by atoms with van der Waals surface area (Å²) in [5, 5.41) is 12.2. The van der Waals surface area contributed by atoms with Gasteiger partial charge in [-0.3, -0.25) is 0 Å². The van der Waals surface area contributed by atoms with Crippen molar-refractivity contribution in [2.24, 2.45) is 0 Å². The summed E-state index contributed by atoms with van der Waals surface area (Å²) in [6.45, 7) is 5.62. The van der Waals surface area contributed by atoms with Crippen molar-refractivity contribution in [2.45, 2.75) is 19.4 Å². The van der Waals surface area contributed by atoms with Crippen LogP contribution in [0.4, 0.5) is 5.69 Å². The molecule has 0 spiro atoms. The second kappa shape index (κ2) is 5.94. The van der Waals surface area contributed by atoms with Gasteiger partial charge in [-0.25, -0.2) is 4.79 Å². The fourth-order valence-electron chi connectivity index (χ4n) is 1.53. The zero-order valence-electron chi connectivity index (χ0n) is 10.1. The highest BCUT2D eigenvalue weighted by atomic mass is 16.5. The maximum Gasteiger partial charge on any atom is 0.337 e. The quantitative estimate of drug-likeness (QED) is 0.744. The van der Waals surface area contributed by atoms with Gasteiger partial charge in [0.05, 0.1) is 18.4 Å². The second-order valence-electron chi connectivity index (χ2n) is 3.79. The molecular weight excluding hydrogens is 218 g/mol. The molecule has 0 aliphatic carbocycles. The number of ether oxygens (including phenoxy) is 1. The number of carboxylic acids is 1. The van der Waals surface area contributed by atoms with Crippen molar-refractivity contribution >= 4 is 11.7 Å². The molecule has 92 valence electrons. The minimum Gasteiger partial charge on any atom is -0.497 e. The molecule has 4 heteroatoms. The van der Waals surface area contributed by atoms with Crippen LogP contribution in [0, 0.1) is 0 Å². The Balaban J connectivity index is 3.00. The molecule has 0 radical (unpaired) electrons. The summed E-state index contributed by atoms with van der Waals surface area (Å²) < 4.78 is 5.08. The average Bonchev–Trinajstić information content (AvgIpc) is 2.28. The Bertz CT molecular complexity index is 415.